The number of nitrogens with one attached hydrogen (secondary N) is 1. The van der Waals surface area contributed by atoms with Crippen LogP contribution in [0, 0.1) is 0 Å². The van der Waals surface area contributed by atoms with Crippen molar-refractivity contribution in [1.82, 2.24) is 15.1 Å². The van der Waals surface area contributed by atoms with Gasteiger partial charge in [0.15, 0.2) is 0 Å². The van der Waals surface area contributed by atoms with Gasteiger partial charge in [-0.15, -0.1) is 0 Å². The van der Waals surface area contributed by atoms with Crippen LogP contribution in [0.1, 0.15) is 47.8 Å². The van der Waals surface area contributed by atoms with E-state index < -0.39 is 0 Å². The van der Waals surface area contributed by atoms with Gasteiger partial charge in [-0.3, -0.25) is 14.3 Å². The molecule has 25 heavy (non-hydrogen) atoms. The number of carbonyl (C=O) groups is 2. The maximum Gasteiger partial charge on any atom is 0.251 e. The Morgan fingerprint density at radius 1 is 1.36 bits per heavy atom. The average Bonchev–Trinajstić information content (AvgIpc) is 3.37. The first-order chi connectivity index (χ1) is 12.0. The molecule has 0 radical (unpaired) electrons. The zero-order valence-corrected chi connectivity index (χ0v) is 14.5. The van der Waals surface area contributed by atoms with E-state index >= 15 is 0 Å². The SMILES string of the molecule is C=CC(=O)N(C)c1ccc(C(=O)NC(C)c2cnn(C3CC3)c2)cc1. The van der Waals surface area contributed by atoms with Gasteiger partial charge in [-0.05, 0) is 50.1 Å². The van der Waals surface area contributed by atoms with Crippen molar-refractivity contribution >= 4 is 17.5 Å². The molecular formula is C19H22N4O2. The maximum absolute atomic E-state index is 12.4. The molecule has 0 aliphatic heterocycles. The molecule has 6 heteroatoms. The zero-order chi connectivity index (χ0) is 18.0. The van der Waals surface area contributed by atoms with Crippen molar-refractivity contribution in [3.8, 4) is 0 Å². The first kappa shape index (κ1) is 17.0. The average molecular weight is 338 g/mol. The third-order valence-corrected chi connectivity index (χ3v) is 4.41. The third kappa shape index (κ3) is 3.79. The molecule has 0 bridgehead atoms. The first-order valence-corrected chi connectivity index (χ1v) is 8.34. The van der Waals surface area contributed by atoms with Crippen molar-refractivity contribution in [2.75, 3.05) is 11.9 Å². The van der Waals surface area contributed by atoms with Crippen molar-refractivity contribution in [1.29, 1.82) is 0 Å². The molecule has 1 aliphatic rings. The summed E-state index contributed by atoms with van der Waals surface area (Å²) in [5, 5.41) is 7.33. The molecule has 6 nitrogen and oxygen atoms in total. The number of carbonyl (C=O) groups excluding carboxylic acids is 2. The number of hydrogen-bond acceptors (Lipinski definition) is 3. The summed E-state index contributed by atoms with van der Waals surface area (Å²) in [5.74, 6) is -0.352. The van der Waals surface area contributed by atoms with E-state index in [-0.39, 0.29) is 17.9 Å². The van der Waals surface area contributed by atoms with Crippen LogP contribution < -0.4 is 10.2 Å². The van der Waals surface area contributed by atoms with Crippen molar-refractivity contribution in [3.63, 3.8) is 0 Å². The predicted octanol–water partition coefficient (Wildman–Crippen LogP) is 2.86. The number of anilines is 1. The van der Waals surface area contributed by atoms with E-state index in [9.17, 15) is 9.59 Å². The highest BCUT2D eigenvalue weighted by Gasteiger charge is 2.25. The number of rotatable bonds is 6. The van der Waals surface area contributed by atoms with Crippen LogP contribution in [0.3, 0.4) is 0 Å². The van der Waals surface area contributed by atoms with E-state index in [4.69, 9.17) is 0 Å². The normalized spacial score (nSPS) is 14.6. The highest BCUT2D eigenvalue weighted by atomic mass is 16.2. The quantitative estimate of drug-likeness (QED) is 0.824. The van der Waals surface area contributed by atoms with Gasteiger partial charge in [0.25, 0.3) is 5.91 Å². The Labute approximate surface area is 147 Å². The number of hydrogen-bond donors (Lipinski definition) is 1. The molecule has 1 aliphatic carbocycles. The second kappa shape index (κ2) is 6.93. The maximum atomic E-state index is 12.4. The number of aromatic nitrogens is 2. The van der Waals surface area contributed by atoms with Gasteiger partial charge < -0.3 is 10.2 Å². The predicted molar refractivity (Wildman–Crippen MR) is 96.4 cm³/mol. The van der Waals surface area contributed by atoms with E-state index in [2.05, 4.69) is 17.0 Å². The molecule has 3 rings (SSSR count). The van der Waals surface area contributed by atoms with Gasteiger partial charge in [-0.2, -0.15) is 5.10 Å². The summed E-state index contributed by atoms with van der Waals surface area (Å²) >= 11 is 0. The Morgan fingerprint density at radius 2 is 2.04 bits per heavy atom. The van der Waals surface area contributed by atoms with Crippen LogP contribution in [-0.4, -0.2) is 28.6 Å². The number of likely N-dealkylation sites (N-methyl/N-ethyl adjacent to an activating group) is 1. The highest BCUT2D eigenvalue weighted by Crippen LogP contribution is 2.34. The monoisotopic (exact) mass is 338 g/mol. The molecule has 0 saturated heterocycles. The summed E-state index contributed by atoms with van der Waals surface area (Å²) in [5.41, 5.74) is 2.25. The summed E-state index contributed by atoms with van der Waals surface area (Å²) in [7, 11) is 1.67. The smallest absolute Gasteiger partial charge is 0.251 e. The molecule has 1 saturated carbocycles. The molecule has 1 aromatic carbocycles. The molecule has 1 atom stereocenters. The molecule has 2 aromatic rings. The van der Waals surface area contributed by atoms with Crippen molar-refractivity contribution < 1.29 is 9.59 Å². The van der Waals surface area contributed by atoms with E-state index in [1.807, 2.05) is 24.0 Å². The molecular weight excluding hydrogens is 316 g/mol. The molecule has 1 aromatic heterocycles. The first-order valence-electron chi connectivity index (χ1n) is 8.34. The molecule has 1 N–H and O–H groups in total. The van der Waals surface area contributed by atoms with Crippen LogP contribution in [0.5, 0.6) is 0 Å². The summed E-state index contributed by atoms with van der Waals surface area (Å²) in [6.45, 7) is 5.41. The van der Waals surface area contributed by atoms with Crippen LogP contribution in [0.2, 0.25) is 0 Å². The van der Waals surface area contributed by atoms with Gasteiger partial charge in [-0.25, -0.2) is 0 Å². The minimum Gasteiger partial charge on any atom is -0.345 e. The summed E-state index contributed by atoms with van der Waals surface area (Å²) in [6.07, 6.45) is 7.42. The van der Waals surface area contributed by atoms with Gasteiger partial charge in [-0.1, -0.05) is 6.58 Å². The van der Waals surface area contributed by atoms with Crippen molar-refractivity contribution in [2.24, 2.45) is 0 Å². The lowest BCUT2D eigenvalue weighted by molar-refractivity contribution is -0.113. The van der Waals surface area contributed by atoms with Gasteiger partial charge >= 0.3 is 0 Å². The molecule has 2 amide bonds. The van der Waals surface area contributed by atoms with Crippen molar-refractivity contribution in [3.05, 3.63) is 60.4 Å². The lowest BCUT2D eigenvalue weighted by Gasteiger charge is -2.16. The van der Waals surface area contributed by atoms with Crippen LogP contribution >= 0.6 is 0 Å². The molecule has 130 valence electrons. The topological polar surface area (TPSA) is 67.2 Å². The second-order valence-electron chi connectivity index (χ2n) is 6.33. The summed E-state index contributed by atoms with van der Waals surface area (Å²) < 4.78 is 1.97. The fraction of sp³-hybridized carbons (Fsp3) is 0.316. The fourth-order valence-corrected chi connectivity index (χ4v) is 2.58. The minimum atomic E-state index is -0.196. The van der Waals surface area contributed by atoms with Gasteiger partial charge in [0, 0.05) is 30.1 Å². The van der Waals surface area contributed by atoms with E-state index in [1.165, 1.54) is 23.8 Å². The van der Waals surface area contributed by atoms with E-state index in [1.54, 1.807) is 31.3 Å². The Bertz CT molecular complexity index is 790. The van der Waals surface area contributed by atoms with Crippen LogP contribution in [0.15, 0.2) is 49.3 Å². The van der Waals surface area contributed by atoms with E-state index in [0.717, 1.165) is 5.56 Å². The van der Waals surface area contributed by atoms with E-state index in [0.29, 0.717) is 17.3 Å². The summed E-state index contributed by atoms with van der Waals surface area (Å²) in [6, 6.07) is 7.30. The molecule has 0 spiro atoms. The Kier molecular flexibility index (Phi) is 4.70. The Hall–Kier alpha value is -2.89. The second-order valence-corrected chi connectivity index (χ2v) is 6.33. The van der Waals surface area contributed by atoms with Crippen LogP contribution in [0.25, 0.3) is 0 Å². The third-order valence-electron chi connectivity index (χ3n) is 4.41. The number of benzene rings is 1. The summed E-state index contributed by atoms with van der Waals surface area (Å²) in [4.78, 5) is 25.5. The van der Waals surface area contributed by atoms with Crippen LogP contribution in [0.4, 0.5) is 5.69 Å². The fourth-order valence-electron chi connectivity index (χ4n) is 2.58. The van der Waals surface area contributed by atoms with Gasteiger partial charge in [0.2, 0.25) is 5.91 Å². The van der Waals surface area contributed by atoms with Crippen LogP contribution in [-0.2, 0) is 4.79 Å². The Balaban J connectivity index is 1.63. The molecule has 1 heterocycles. The number of nitrogens with zero attached hydrogens (tertiary/aromatic N) is 3. The van der Waals surface area contributed by atoms with Gasteiger partial charge in [0.1, 0.15) is 0 Å². The standard InChI is InChI=1S/C19H22N4O2/c1-4-18(24)22(3)16-7-5-14(6-8-16)19(25)21-13(2)15-11-20-23(12-15)17-9-10-17/h4-8,11-13,17H,1,9-10H2,2-3H3,(H,21,25). The molecule has 1 unspecified atom stereocenters. The lowest BCUT2D eigenvalue weighted by atomic mass is 10.1. The van der Waals surface area contributed by atoms with Gasteiger partial charge in [0.05, 0.1) is 18.3 Å². The zero-order valence-electron chi connectivity index (χ0n) is 14.5. The highest BCUT2D eigenvalue weighted by molar-refractivity contribution is 6.01. The lowest BCUT2D eigenvalue weighted by Crippen LogP contribution is -2.27. The minimum absolute atomic E-state index is 0.121. The number of amides is 2. The Morgan fingerprint density at radius 3 is 2.64 bits per heavy atom. The van der Waals surface area contributed by atoms with Crippen molar-refractivity contribution in [2.45, 2.75) is 31.8 Å². The largest absolute Gasteiger partial charge is 0.345 e. The molecule has 1 fully saturated rings.